The topological polar surface area (TPSA) is 55.4 Å². The first-order valence-electron chi connectivity index (χ1n) is 20.4. The summed E-state index contributed by atoms with van der Waals surface area (Å²) in [6, 6.07) is 20.5. The van der Waals surface area contributed by atoms with Crippen molar-refractivity contribution in [2.75, 3.05) is 49.3 Å². The summed E-state index contributed by atoms with van der Waals surface area (Å²) in [5, 5.41) is 0. The Kier molecular flexibility index (Phi) is 50.3. The second kappa shape index (κ2) is 46.7. The molecule has 0 aliphatic carbocycles. The van der Waals surface area contributed by atoms with Crippen molar-refractivity contribution >= 4 is 0 Å². The summed E-state index contributed by atoms with van der Waals surface area (Å²) in [6.07, 6.45) is 21.2. The Balaban J connectivity index is -0.000000281. The molecule has 2 rings (SSSR count). The van der Waals surface area contributed by atoms with E-state index in [9.17, 15) is 0 Å². The first-order chi connectivity index (χ1) is 26.0. The number of methoxy groups -OCH3 is 6. The van der Waals surface area contributed by atoms with Gasteiger partial charge in [0.05, 0.1) is 24.4 Å². The Morgan fingerprint density at radius 2 is 1.13 bits per heavy atom. The van der Waals surface area contributed by atoms with Gasteiger partial charge in [-0.2, -0.15) is 0 Å². The number of hydrogen-bond acceptors (Lipinski definition) is 6. The summed E-state index contributed by atoms with van der Waals surface area (Å²) in [7, 11) is 10.3. The molecule has 6 unspecified atom stereocenters. The third kappa shape index (κ3) is 39.2. The maximum atomic E-state index is 5.29. The quantitative estimate of drug-likeness (QED) is 0.0718. The molecule has 0 aliphatic heterocycles. The number of rotatable bonds is 21. The summed E-state index contributed by atoms with van der Waals surface area (Å²) in [4.78, 5) is 0. The third-order valence-electron chi connectivity index (χ3n) is 8.77. The SMILES string of the molecule is C#CC(CCCCC)OC.C=CC(CCCCC)OC.CCC(C)COC.CCC(C)OC.CCC(OC)c1ccccc1.COC(C)c1ccccc1. The van der Waals surface area contributed by atoms with Crippen LogP contribution in [0.1, 0.15) is 149 Å². The van der Waals surface area contributed by atoms with Gasteiger partial charge in [0.15, 0.2) is 0 Å². The highest BCUT2D eigenvalue weighted by atomic mass is 16.5. The molecule has 0 heterocycles. The number of unbranched alkanes of at least 4 members (excludes halogenated alkanes) is 4. The number of ether oxygens (including phenoxy) is 6. The molecule has 0 amide bonds. The first kappa shape index (κ1) is 58.2. The molecule has 0 saturated heterocycles. The van der Waals surface area contributed by atoms with Crippen LogP contribution in [0.5, 0.6) is 0 Å². The maximum absolute atomic E-state index is 5.29. The average molecular weight is 759 g/mol. The van der Waals surface area contributed by atoms with E-state index in [0.717, 1.165) is 38.2 Å². The second-order valence-electron chi connectivity index (χ2n) is 13.1. The highest BCUT2D eigenvalue weighted by Gasteiger charge is 2.05. The zero-order valence-electron chi connectivity index (χ0n) is 37.5. The molecule has 0 spiro atoms. The van der Waals surface area contributed by atoms with E-state index in [0.29, 0.717) is 6.10 Å². The van der Waals surface area contributed by atoms with Crippen molar-refractivity contribution in [3.8, 4) is 12.3 Å². The van der Waals surface area contributed by atoms with Gasteiger partial charge in [-0.3, -0.25) is 0 Å². The lowest BCUT2D eigenvalue weighted by molar-refractivity contribution is 0.100. The molecule has 0 bridgehead atoms. The van der Waals surface area contributed by atoms with Crippen molar-refractivity contribution in [1.29, 1.82) is 0 Å². The van der Waals surface area contributed by atoms with Crippen LogP contribution in [-0.4, -0.2) is 67.6 Å². The third-order valence-corrected chi connectivity index (χ3v) is 8.77. The molecule has 0 N–H and O–H groups in total. The van der Waals surface area contributed by atoms with Gasteiger partial charge in [0, 0.05) is 49.3 Å². The van der Waals surface area contributed by atoms with Gasteiger partial charge in [0.25, 0.3) is 0 Å². The van der Waals surface area contributed by atoms with Crippen LogP contribution in [0.15, 0.2) is 73.3 Å². The molecule has 6 atom stereocenters. The Morgan fingerprint density at radius 1 is 0.611 bits per heavy atom. The predicted molar refractivity (Wildman–Crippen MR) is 235 cm³/mol. The van der Waals surface area contributed by atoms with Crippen LogP contribution >= 0.6 is 0 Å². The molecule has 6 nitrogen and oxygen atoms in total. The molecule has 54 heavy (non-hydrogen) atoms. The van der Waals surface area contributed by atoms with Gasteiger partial charge < -0.3 is 28.4 Å². The highest BCUT2D eigenvalue weighted by molar-refractivity contribution is 5.17. The van der Waals surface area contributed by atoms with Gasteiger partial charge in [-0.05, 0) is 63.0 Å². The lowest BCUT2D eigenvalue weighted by Gasteiger charge is -2.12. The van der Waals surface area contributed by atoms with E-state index >= 15 is 0 Å². The Bertz CT molecular complexity index is 1000. The van der Waals surface area contributed by atoms with Crippen LogP contribution in [-0.2, 0) is 28.4 Å². The fraction of sp³-hybridized carbons (Fsp3) is 0.667. The molecule has 6 heteroatoms. The Morgan fingerprint density at radius 3 is 1.43 bits per heavy atom. The van der Waals surface area contributed by atoms with Gasteiger partial charge >= 0.3 is 0 Å². The van der Waals surface area contributed by atoms with E-state index in [-0.39, 0.29) is 24.4 Å². The summed E-state index contributed by atoms with van der Waals surface area (Å²) in [5.74, 6) is 3.32. The predicted octanol–water partition coefficient (Wildman–Crippen LogP) is 13.3. The van der Waals surface area contributed by atoms with E-state index < -0.39 is 0 Å². The summed E-state index contributed by atoms with van der Waals surface area (Å²) in [6.45, 7) is 21.6. The van der Waals surface area contributed by atoms with Crippen LogP contribution in [0.25, 0.3) is 0 Å². The molecular formula is C48H86O6. The van der Waals surface area contributed by atoms with Gasteiger partial charge in [0.1, 0.15) is 6.10 Å². The van der Waals surface area contributed by atoms with E-state index in [1.807, 2.05) is 49.4 Å². The molecule has 2 aromatic carbocycles. The van der Waals surface area contributed by atoms with E-state index in [4.69, 9.17) is 34.8 Å². The fourth-order valence-corrected chi connectivity index (χ4v) is 4.41. The standard InChI is InChI=1S/C10H14O.C9H12O.C9H18O.C9H16O.C6H14O.C5H12O/c1-3-10(11-2)9-7-5-4-6-8-9;1-8(10-2)9-6-4-3-5-7-9;2*1-4-6-7-8-9(5-2)10-3;1-4-6(2)5-7-3;1-4-5(2)6-3/h4-8,10H,3H2,1-2H3;3-8H,1-2H3;5,9H,2,4,6-8H2,1,3H3;2,9H,4,6-8H2,1,3H3;6H,4-5H2,1-3H3;5H,4H2,1-3H3. The normalized spacial score (nSPS) is 13.2. The van der Waals surface area contributed by atoms with E-state index in [1.54, 1.807) is 42.7 Å². The van der Waals surface area contributed by atoms with E-state index in [2.05, 4.69) is 85.2 Å². The molecule has 2 aromatic rings. The molecule has 0 aromatic heterocycles. The van der Waals surface area contributed by atoms with Gasteiger partial charge in [-0.15, -0.1) is 13.0 Å². The van der Waals surface area contributed by atoms with Crippen molar-refractivity contribution < 1.29 is 28.4 Å². The van der Waals surface area contributed by atoms with Gasteiger partial charge in [-0.1, -0.05) is 153 Å². The molecule has 0 radical (unpaired) electrons. The molecule has 0 aliphatic rings. The van der Waals surface area contributed by atoms with Gasteiger partial charge in [-0.25, -0.2) is 0 Å². The average Bonchev–Trinajstić information content (AvgIpc) is 3.23. The highest BCUT2D eigenvalue weighted by Crippen LogP contribution is 2.18. The minimum Gasteiger partial charge on any atom is -0.384 e. The number of benzene rings is 2. The molecule has 314 valence electrons. The largest absolute Gasteiger partial charge is 0.384 e. The monoisotopic (exact) mass is 759 g/mol. The van der Waals surface area contributed by atoms with Crippen molar-refractivity contribution in [3.63, 3.8) is 0 Å². The van der Waals surface area contributed by atoms with E-state index in [1.165, 1.54) is 56.1 Å². The summed E-state index contributed by atoms with van der Waals surface area (Å²) < 4.78 is 30.4. The van der Waals surface area contributed by atoms with Crippen LogP contribution in [0.4, 0.5) is 0 Å². The lowest BCUT2D eigenvalue weighted by atomic mass is 10.1. The minimum atomic E-state index is 0.0338. The second-order valence-corrected chi connectivity index (χ2v) is 13.1. The Labute approximate surface area is 336 Å². The van der Waals surface area contributed by atoms with Crippen LogP contribution < -0.4 is 0 Å². The zero-order valence-corrected chi connectivity index (χ0v) is 37.5. The molecule has 0 fully saturated rings. The van der Waals surface area contributed by atoms with Crippen LogP contribution in [0.2, 0.25) is 0 Å². The zero-order chi connectivity index (χ0) is 41.8. The van der Waals surface area contributed by atoms with Crippen molar-refractivity contribution in [2.24, 2.45) is 5.92 Å². The van der Waals surface area contributed by atoms with Gasteiger partial charge in [0.2, 0.25) is 0 Å². The van der Waals surface area contributed by atoms with Crippen molar-refractivity contribution in [2.45, 2.75) is 157 Å². The maximum Gasteiger partial charge on any atom is 0.117 e. The summed E-state index contributed by atoms with van der Waals surface area (Å²) >= 11 is 0. The summed E-state index contributed by atoms with van der Waals surface area (Å²) in [5.41, 5.74) is 2.49. The molecular weight excluding hydrogens is 673 g/mol. The lowest BCUT2D eigenvalue weighted by Crippen LogP contribution is -2.06. The van der Waals surface area contributed by atoms with Crippen molar-refractivity contribution in [1.82, 2.24) is 0 Å². The first-order valence-corrected chi connectivity index (χ1v) is 20.4. The fourth-order valence-electron chi connectivity index (χ4n) is 4.41. The van der Waals surface area contributed by atoms with Crippen molar-refractivity contribution in [3.05, 3.63) is 84.4 Å². The minimum absolute atomic E-state index is 0.0338. The number of terminal acetylenes is 1. The smallest absolute Gasteiger partial charge is 0.117 e. The molecule has 0 saturated carbocycles. The Hall–Kier alpha value is -2.50. The van der Waals surface area contributed by atoms with Crippen LogP contribution in [0.3, 0.4) is 0 Å². The van der Waals surface area contributed by atoms with Crippen LogP contribution in [0, 0.1) is 18.3 Å². The number of hydrogen-bond donors (Lipinski definition) is 0.